The molecule has 0 spiro atoms. The Kier molecular flexibility index (Phi) is 22.9. The minimum absolute atomic E-state index is 0.0703. The standard InChI is InChI=1S/C54H100NO8P/c1-10-11-12-13-14-15-16-17-18-19-20-21-22-23-24-25-38-61-50(41-56)54(51(57)58,63-64(59,60)62-39-37-55(7,8)9)45-33-35-52(5)44(40-45)29-30-46-48-32-31-47(43(4)28-26-27-42(2)3)53(48,6)36-34-49(46)52/h29,42-43,45-50,56H,10-28,30-41H2,1-9H3,(H-,57,58,59,60)/p+1/t43-,45?,46?,47-,48?,49?,50?,52+,53-,54?/m1/s1. The highest BCUT2D eigenvalue weighted by Crippen LogP contribution is 2.68. The van der Waals surface area contributed by atoms with E-state index in [1.165, 1.54) is 128 Å². The molecule has 3 fully saturated rings. The van der Waals surface area contributed by atoms with Crippen molar-refractivity contribution in [2.45, 2.75) is 227 Å². The first kappa shape index (κ1) is 55.8. The lowest BCUT2D eigenvalue weighted by Gasteiger charge is -2.59. The second kappa shape index (κ2) is 26.3. The van der Waals surface area contributed by atoms with Gasteiger partial charge in [-0.3, -0.25) is 9.05 Å². The van der Waals surface area contributed by atoms with Gasteiger partial charge in [0.15, 0.2) is 0 Å². The fourth-order valence-corrected chi connectivity index (χ4v) is 14.7. The molecule has 0 heterocycles. The Hall–Kier alpha value is -0.800. The number of aliphatic hydroxyl groups excluding tert-OH is 1. The molecule has 64 heavy (non-hydrogen) atoms. The van der Waals surface area contributed by atoms with Crippen LogP contribution in [0, 0.1) is 52.3 Å². The number of ether oxygens (including phenoxy) is 1. The van der Waals surface area contributed by atoms with Crippen molar-refractivity contribution in [3.63, 3.8) is 0 Å². The number of phosphoric acid groups is 1. The van der Waals surface area contributed by atoms with Crippen molar-refractivity contribution in [3.8, 4) is 0 Å². The average molecular weight is 923 g/mol. The van der Waals surface area contributed by atoms with E-state index in [0.29, 0.717) is 47.0 Å². The molecule has 9 nitrogen and oxygen atoms in total. The minimum atomic E-state index is -4.89. The quantitative estimate of drug-likeness (QED) is 0.0257. The molecule has 7 unspecified atom stereocenters. The zero-order chi connectivity index (χ0) is 47.0. The smallest absolute Gasteiger partial charge is 0.473 e. The minimum Gasteiger partial charge on any atom is -0.479 e. The topological polar surface area (TPSA) is 123 Å². The third-order valence-corrected chi connectivity index (χ3v) is 18.5. The summed E-state index contributed by atoms with van der Waals surface area (Å²) in [5, 5.41) is 22.2. The zero-order valence-corrected chi connectivity index (χ0v) is 43.8. The fraction of sp³-hybridized carbons (Fsp3) is 0.944. The number of carbonyl (C=O) groups is 1. The summed E-state index contributed by atoms with van der Waals surface area (Å²) in [5.74, 6) is 2.10. The molecule has 0 bridgehead atoms. The van der Waals surface area contributed by atoms with Crippen LogP contribution in [-0.2, 0) is 23.1 Å². The lowest BCUT2D eigenvalue weighted by Crippen LogP contribution is -2.61. The van der Waals surface area contributed by atoms with Crippen molar-refractivity contribution in [1.82, 2.24) is 0 Å². The maximum Gasteiger partial charge on any atom is 0.473 e. The van der Waals surface area contributed by atoms with Gasteiger partial charge >= 0.3 is 13.8 Å². The first-order valence-electron chi connectivity index (χ1n) is 27.0. The maximum absolute atomic E-state index is 13.8. The second-order valence-corrected chi connectivity index (χ2v) is 25.0. The lowest BCUT2D eigenvalue weighted by atomic mass is 9.46. The lowest BCUT2D eigenvalue weighted by molar-refractivity contribution is -0.870. The summed E-state index contributed by atoms with van der Waals surface area (Å²) < 4.78 is 32.1. The molecular weight excluding hydrogens is 822 g/mol. The van der Waals surface area contributed by atoms with Crippen molar-refractivity contribution in [2.24, 2.45) is 52.3 Å². The van der Waals surface area contributed by atoms with Crippen LogP contribution in [0.3, 0.4) is 0 Å². The summed E-state index contributed by atoms with van der Waals surface area (Å²) in [6, 6.07) is 0. The number of carboxylic acids is 1. The van der Waals surface area contributed by atoms with Crippen molar-refractivity contribution in [3.05, 3.63) is 11.6 Å². The molecule has 4 aliphatic rings. The molecule has 4 aliphatic carbocycles. The average Bonchev–Trinajstić information content (AvgIpc) is 3.59. The van der Waals surface area contributed by atoms with Gasteiger partial charge in [0.05, 0.1) is 27.7 Å². The van der Waals surface area contributed by atoms with Crippen LogP contribution in [0.2, 0.25) is 0 Å². The van der Waals surface area contributed by atoms with E-state index in [9.17, 15) is 24.5 Å². The maximum atomic E-state index is 13.8. The van der Waals surface area contributed by atoms with Gasteiger partial charge in [-0.1, -0.05) is 169 Å². The molecule has 11 atom stereocenters. The molecule has 0 amide bonds. The van der Waals surface area contributed by atoms with Gasteiger partial charge in [0.25, 0.3) is 0 Å². The number of likely N-dealkylation sites (N-methyl/N-ethyl adjacent to an activating group) is 1. The van der Waals surface area contributed by atoms with Gasteiger partial charge < -0.3 is 24.3 Å². The number of phosphoric ester groups is 1. The van der Waals surface area contributed by atoms with Gasteiger partial charge in [-0.05, 0) is 104 Å². The Morgan fingerprint density at radius 2 is 1.41 bits per heavy atom. The van der Waals surface area contributed by atoms with Crippen LogP contribution in [0.15, 0.2) is 11.6 Å². The van der Waals surface area contributed by atoms with E-state index >= 15 is 0 Å². The van der Waals surface area contributed by atoms with E-state index in [-0.39, 0.29) is 18.6 Å². The van der Waals surface area contributed by atoms with Gasteiger partial charge in [0.2, 0.25) is 5.60 Å². The second-order valence-electron chi connectivity index (χ2n) is 23.6. The Labute approximate surface area is 393 Å². The molecule has 4 rings (SSSR count). The van der Waals surface area contributed by atoms with E-state index in [1.807, 2.05) is 21.1 Å². The highest BCUT2D eigenvalue weighted by Gasteiger charge is 2.63. The van der Waals surface area contributed by atoms with Crippen molar-refractivity contribution in [1.29, 1.82) is 0 Å². The number of nitrogens with zero attached hydrogens (tertiary/aromatic N) is 1. The highest BCUT2D eigenvalue weighted by atomic mass is 31.2. The van der Waals surface area contributed by atoms with Gasteiger partial charge in [0.1, 0.15) is 19.3 Å². The molecule has 0 aromatic rings. The Morgan fingerprint density at radius 3 is 1.95 bits per heavy atom. The van der Waals surface area contributed by atoms with Crippen LogP contribution < -0.4 is 0 Å². The third kappa shape index (κ3) is 15.4. The summed E-state index contributed by atoms with van der Waals surface area (Å²) >= 11 is 0. The van der Waals surface area contributed by atoms with E-state index in [1.54, 1.807) is 0 Å². The molecule has 10 heteroatoms. The fourth-order valence-electron chi connectivity index (χ4n) is 13.6. The van der Waals surface area contributed by atoms with Crippen molar-refractivity contribution in [2.75, 3.05) is 47.5 Å². The first-order chi connectivity index (χ1) is 30.3. The molecule has 0 aromatic carbocycles. The number of aliphatic hydroxyl groups is 1. The molecule has 0 saturated heterocycles. The summed E-state index contributed by atoms with van der Waals surface area (Å²) in [6.07, 6.45) is 32.8. The summed E-state index contributed by atoms with van der Waals surface area (Å²) in [6.45, 7) is 14.5. The predicted molar refractivity (Wildman–Crippen MR) is 263 cm³/mol. The summed E-state index contributed by atoms with van der Waals surface area (Å²) in [7, 11) is 0.977. The van der Waals surface area contributed by atoms with Crippen LogP contribution in [-0.4, -0.2) is 84.8 Å². The van der Waals surface area contributed by atoms with Crippen molar-refractivity contribution >= 4 is 13.8 Å². The molecule has 3 N–H and O–H groups in total. The molecule has 0 aromatic heterocycles. The number of hydrogen-bond donors (Lipinski definition) is 3. The molecule has 0 aliphatic heterocycles. The van der Waals surface area contributed by atoms with Crippen LogP contribution in [0.4, 0.5) is 0 Å². The number of unbranched alkanes of at least 4 members (excludes halogenated alkanes) is 15. The highest BCUT2D eigenvalue weighted by molar-refractivity contribution is 7.47. The van der Waals surface area contributed by atoms with Gasteiger partial charge in [-0.15, -0.1) is 0 Å². The summed E-state index contributed by atoms with van der Waals surface area (Å²) in [5.41, 5.74) is -0.707. The van der Waals surface area contributed by atoms with Crippen LogP contribution in [0.5, 0.6) is 0 Å². The number of carboxylic acid groups (broad SMARTS) is 1. The Balaban J connectivity index is 1.39. The van der Waals surface area contributed by atoms with E-state index in [2.05, 4.69) is 47.6 Å². The van der Waals surface area contributed by atoms with E-state index in [4.69, 9.17) is 13.8 Å². The normalized spacial score (nSPS) is 29.9. The number of fused-ring (bicyclic) bond motifs is 5. The number of hydrogen-bond acceptors (Lipinski definition) is 6. The SMILES string of the molecule is CCCCCCCCCCCCCCCCCCOC(CO)C(OP(=O)(O)OCC[N+](C)(C)C)(C(=O)O)C1CC[C@@]2(C)C(=CCC3C2CC[C@@]2(C)C3CC[C@@H]2[C@H](C)CCCC(C)C)C1. The van der Waals surface area contributed by atoms with Crippen LogP contribution in [0.1, 0.15) is 215 Å². The van der Waals surface area contributed by atoms with Gasteiger partial charge in [0, 0.05) is 12.5 Å². The Morgan fingerprint density at radius 1 is 0.812 bits per heavy atom. The molecule has 374 valence electrons. The molecule has 0 radical (unpaired) electrons. The summed E-state index contributed by atoms with van der Waals surface area (Å²) in [4.78, 5) is 25.1. The number of quaternary nitrogens is 1. The monoisotopic (exact) mass is 923 g/mol. The number of aliphatic carboxylic acids is 1. The van der Waals surface area contributed by atoms with Gasteiger partial charge in [-0.2, -0.15) is 0 Å². The van der Waals surface area contributed by atoms with Crippen LogP contribution in [0.25, 0.3) is 0 Å². The zero-order valence-electron chi connectivity index (χ0n) is 42.9. The third-order valence-electron chi connectivity index (χ3n) is 17.5. The van der Waals surface area contributed by atoms with Crippen LogP contribution >= 0.6 is 7.82 Å². The molecule has 3 saturated carbocycles. The van der Waals surface area contributed by atoms with Crippen molar-refractivity contribution < 1.29 is 42.7 Å². The van der Waals surface area contributed by atoms with E-state index in [0.717, 1.165) is 56.3 Å². The largest absolute Gasteiger partial charge is 0.479 e. The Bertz CT molecular complexity index is 1450. The first-order valence-corrected chi connectivity index (χ1v) is 28.5. The molecular formula is C54H101NO8P+. The number of allylic oxidation sites excluding steroid dienone is 2. The predicted octanol–water partition coefficient (Wildman–Crippen LogP) is 13.9. The van der Waals surface area contributed by atoms with E-state index < -0.39 is 38.0 Å². The number of rotatable bonds is 33. The van der Waals surface area contributed by atoms with Gasteiger partial charge in [-0.25, -0.2) is 9.36 Å².